The molecule has 0 saturated heterocycles. The molecule has 5 nitrogen and oxygen atoms in total. The van der Waals surface area contributed by atoms with E-state index in [0.29, 0.717) is 18.8 Å². The SMILES string of the molecule is COC(=O)C(C)(C)[C@H](O)c1ccc(C)c(COCc2ccc(OC)cc2)c1. The highest BCUT2D eigenvalue weighted by Crippen LogP contribution is 2.35. The van der Waals surface area contributed by atoms with Gasteiger partial charge in [-0.15, -0.1) is 0 Å². The summed E-state index contributed by atoms with van der Waals surface area (Å²) in [6.07, 6.45) is -0.967. The molecule has 0 fully saturated rings. The van der Waals surface area contributed by atoms with Crippen molar-refractivity contribution in [3.63, 3.8) is 0 Å². The molecule has 2 aromatic rings. The van der Waals surface area contributed by atoms with Crippen molar-refractivity contribution in [3.05, 3.63) is 64.7 Å². The molecular weight excluding hydrogens is 344 g/mol. The Morgan fingerprint density at radius 2 is 1.74 bits per heavy atom. The van der Waals surface area contributed by atoms with Crippen LogP contribution in [-0.2, 0) is 27.5 Å². The standard InChI is InChI=1S/C22H28O5/c1-15-6-9-17(20(23)22(2,3)21(24)26-5)12-18(15)14-27-13-16-7-10-19(25-4)11-8-16/h6-12,20,23H,13-14H2,1-5H3/t20-/m1/s1. The van der Waals surface area contributed by atoms with E-state index < -0.39 is 17.5 Å². The smallest absolute Gasteiger partial charge is 0.314 e. The molecule has 0 saturated carbocycles. The number of benzene rings is 2. The predicted molar refractivity (Wildman–Crippen MR) is 103 cm³/mol. The average molecular weight is 372 g/mol. The molecule has 27 heavy (non-hydrogen) atoms. The third-order valence-corrected chi connectivity index (χ3v) is 4.77. The van der Waals surface area contributed by atoms with Crippen molar-refractivity contribution in [2.24, 2.45) is 5.41 Å². The van der Waals surface area contributed by atoms with E-state index in [-0.39, 0.29) is 0 Å². The Balaban J connectivity index is 2.06. The maximum atomic E-state index is 12.0. The van der Waals surface area contributed by atoms with E-state index in [1.165, 1.54) is 7.11 Å². The number of esters is 1. The zero-order chi connectivity index (χ0) is 20.0. The number of hydrogen-bond acceptors (Lipinski definition) is 5. The van der Waals surface area contributed by atoms with Crippen molar-refractivity contribution in [3.8, 4) is 5.75 Å². The Hall–Kier alpha value is -2.37. The van der Waals surface area contributed by atoms with Crippen molar-refractivity contribution >= 4 is 5.97 Å². The lowest BCUT2D eigenvalue weighted by Gasteiger charge is -2.28. The number of carbonyl (C=O) groups is 1. The molecule has 0 aromatic heterocycles. The molecule has 0 unspecified atom stereocenters. The molecule has 1 atom stereocenters. The van der Waals surface area contributed by atoms with E-state index >= 15 is 0 Å². The van der Waals surface area contributed by atoms with Crippen LogP contribution in [0.15, 0.2) is 42.5 Å². The largest absolute Gasteiger partial charge is 0.497 e. The molecular formula is C22H28O5. The van der Waals surface area contributed by atoms with Gasteiger partial charge in [0.05, 0.1) is 39.0 Å². The summed E-state index contributed by atoms with van der Waals surface area (Å²) in [6.45, 7) is 6.22. The Morgan fingerprint density at radius 3 is 2.33 bits per heavy atom. The fourth-order valence-corrected chi connectivity index (χ4v) is 2.81. The van der Waals surface area contributed by atoms with Crippen LogP contribution in [0.5, 0.6) is 5.75 Å². The lowest BCUT2D eigenvalue weighted by Crippen LogP contribution is -2.32. The molecule has 2 aromatic carbocycles. The molecule has 0 bridgehead atoms. The van der Waals surface area contributed by atoms with Gasteiger partial charge in [-0.2, -0.15) is 0 Å². The van der Waals surface area contributed by atoms with Crippen molar-refractivity contribution < 1.29 is 24.1 Å². The summed E-state index contributed by atoms with van der Waals surface area (Å²) in [5.41, 5.74) is 2.72. The highest BCUT2D eigenvalue weighted by Gasteiger charge is 2.38. The first-order chi connectivity index (χ1) is 12.8. The second-order valence-electron chi connectivity index (χ2n) is 7.14. The molecule has 0 aliphatic rings. The van der Waals surface area contributed by atoms with Gasteiger partial charge in [-0.3, -0.25) is 4.79 Å². The molecule has 1 N–H and O–H groups in total. The summed E-state index contributed by atoms with van der Waals surface area (Å²) in [5.74, 6) is 0.359. The normalized spacial score (nSPS) is 12.5. The Morgan fingerprint density at radius 1 is 1.07 bits per heavy atom. The number of aliphatic hydroxyl groups is 1. The predicted octanol–water partition coefficient (Wildman–Crippen LogP) is 3.95. The molecule has 0 heterocycles. The molecule has 146 valence electrons. The van der Waals surface area contributed by atoms with E-state index in [2.05, 4.69) is 0 Å². The van der Waals surface area contributed by atoms with Gasteiger partial charge in [0.25, 0.3) is 0 Å². The molecule has 5 heteroatoms. The van der Waals surface area contributed by atoms with Gasteiger partial charge in [0.1, 0.15) is 5.75 Å². The molecule has 0 radical (unpaired) electrons. The fraction of sp³-hybridized carbons (Fsp3) is 0.409. The number of ether oxygens (including phenoxy) is 3. The minimum Gasteiger partial charge on any atom is -0.497 e. The minimum absolute atomic E-state index is 0.414. The first kappa shape index (κ1) is 20.9. The number of aliphatic hydroxyl groups excluding tert-OH is 1. The van der Waals surface area contributed by atoms with Crippen molar-refractivity contribution in [1.82, 2.24) is 0 Å². The van der Waals surface area contributed by atoms with Crippen molar-refractivity contribution in [1.29, 1.82) is 0 Å². The third-order valence-electron chi connectivity index (χ3n) is 4.77. The minimum atomic E-state index is -1.04. The Labute approximate surface area is 160 Å². The molecule has 0 amide bonds. The van der Waals surface area contributed by atoms with Gasteiger partial charge < -0.3 is 19.3 Å². The summed E-state index contributed by atoms with van der Waals surface area (Å²) in [4.78, 5) is 12.0. The lowest BCUT2D eigenvalue weighted by molar-refractivity contribution is -0.157. The second-order valence-corrected chi connectivity index (χ2v) is 7.14. The summed E-state index contributed by atoms with van der Waals surface area (Å²) in [5, 5.41) is 10.7. The Bertz CT molecular complexity index is 765. The van der Waals surface area contributed by atoms with E-state index in [1.807, 2.05) is 49.4 Å². The highest BCUT2D eigenvalue weighted by molar-refractivity contribution is 5.76. The van der Waals surface area contributed by atoms with Crippen LogP contribution >= 0.6 is 0 Å². The zero-order valence-corrected chi connectivity index (χ0v) is 16.6. The quantitative estimate of drug-likeness (QED) is 0.711. The number of hydrogen-bond donors (Lipinski definition) is 1. The van der Waals surface area contributed by atoms with Crippen LogP contribution in [0.2, 0.25) is 0 Å². The maximum Gasteiger partial charge on any atom is 0.314 e. The number of carbonyl (C=O) groups excluding carboxylic acids is 1. The van der Waals surface area contributed by atoms with Gasteiger partial charge >= 0.3 is 5.97 Å². The lowest BCUT2D eigenvalue weighted by atomic mass is 9.82. The number of methoxy groups -OCH3 is 2. The van der Waals surface area contributed by atoms with Crippen LogP contribution in [0.4, 0.5) is 0 Å². The van der Waals surface area contributed by atoms with Gasteiger partial charge in [-0.25, -0.2) is 0 Å². The molecule has 0 spiro atoms. The van der Waals surface area contributed by atoms with Crippen LogP contribution in [0.25, 0.3) is 0 Å². The average Bonchev–Trinajstić information content (AvgIpc) is 2.68. The van der Waals surface area contributed by atoms with Gasteiger partial charge in [0, 0.05) is 0 Å². The molecule has 0 aliphatic heterocycles. The van der Waals surface area contributed by atoms with E-state index in [9.17, 15) is 9.90 Å². The van der Waals surface area contributed by atoms with E-state index in [0.717, 1.165) is 22.4 Å². The van der Waals surface area contributed by atoms with Crippen LogP contribution in [0, 0.1) is 12.3 Å². The highest BCUT2D eigenvalue weighted by atomic mass is 16.5. The maximum absolute atomic E-state index is 12.0. The molecule has 2 rings (SSSR count). The third kappa shape index (κ3) is 5.08. The zero-order valence-electron chi connectivity index (χ0n) is 16.6. The van der Waals surface area contributed by atoms with Crippen LogP contribution in [0.3, 0.4) is 0 Å². The van der Waals surface area contributed by atoms with E-state index in [1.54, 1.807) is 21.0 Å². The number of rotatable bonds is 8. The number of aryl methyl sites for hydroxylation is 1. The van der Waals surface area contributed by atoms with Gasteiger partial charge in [-0.1, -0.05) is 30.3 Å². The molecule has 0 aliphatic carbocycles. The summed E-state index contributed by atoms with van der Waals surface area (Å²) in [7, 11) is 2.96. The fourth-order valence-electron chi connectivity index (χ4n) is 2.81. The van der Waals surface area contributed by atoms with Crippen molar-refractivity contribution in [2.45, 2.75) is 40.1 Å². The summed E-state index contributed by atoms with van der Waals surface area (Å²) in [6, 6.07) is 13.4. The summed E-state index contributed by atoms with van der Waals surface area (Å²) < 4.78 is 15.8. The van der Waals surface area contributed by atoms with Crippen LogP contribution < -0.4 is 4.74 Å². The Kier molecular flexibility index (Phi) is 6.99. The first-order valence-corrected chi connectivity index (χ1v) is 8.86. The van der Waals surface area contributed by atoms with Gasteiger partial charge in [-0.05, 0) is 55.2 Å². The van der Waals surface area contributed by atoms with Crippen molar-refractivity contribution in [2.75, 3.05) is 14.2 Å². The summed E-state index contributed by atoms with van der Waals surface area (Å²) >= 11 is 0. The van der Waals surface area contributed by atoms with E-state index in [4.69, 9.17) is 14.2 Å². The van der Waals surface area contributed by atoms with Crippen LogP contribution in [-0.4, -0.2) is 25.3 Å². The van der Waals surface area contributed by atoms with Gasteiger partial charge in [0.15, 0.2) is 0 Å². The second kappa shape index (κ2) is 9.02. The monoisotopic (exact) mass is 372 g/mol. The van der Waals surface area contributed by atoms with Crippen LogP contribution in [0.1, 0.15) is 42.2 Å². The first-order valence-electron chi connectivity index (χ1n) is 8.86. The topological polar surface area (TPSA) is 65.0 Å². The van der Waals surface area contributed by atoms with Gasteiger partial charge in [0.2, 0.25) is 0 Å².